The van der Waals surface area contributed by atoms with Gasteiger partial charge in [-0.25, -0.2) is 4.79 Å². The number of hydrogen-bond acceptors (Lipinski definition) is 6. The highest BCUT2D eigenvalue weighted by Crippen LogP contribution is 2.27. The van der Waals surface area contributed by atoms with Crippen molar-refractivity contribution >= 4 is 17.9 Å². The Morgan fingerprint density at radius 3 is 2.16 bits per heavy atom. The molecule has 6 nitrogen and oxygen atoms in total. The van der Waals surface area contributed by atoms with Gasteiger partial charge in [-0.05, 0) is 83.1 Å². The van der Waals surface area contributed by atoms with Crippen LogP contribution >= 0.6 is 0 Å². The molecule has 6 heteroatoms. The molecule has 37 heavy (non-hydrogen) atoms. The highest BCUT2D eigenvalue weighted by Gasteiger charge is 2.30. The van der Waals surface area contributed by atoms with Crippen LogP contribution < -0.4 is 0 Å². The van der Waals surface area contributed by atoms with Gasteiger partial charge in [-0.15, -0.1) is 0 Å². The second-order valence-electron chi connectivity index (χ2n) is 12.5. The maximum Gasteiger partial charge on any atom is 0.334 e. The molecule has 0 spiro atoms. The molecule has 0 radical (unpaired) electrons. The summed E-state index contributed by atoms with van der Waals surface area (Å²) in [6, 6.07) is 0. The second-order valence-corrected chi connectivity index (χ2v) is 12.5. The van der Waals surface area contributed by atoms with E-state index in [0.29, 0.717) is 17.4 Å². The summed E-state index contributed by atoms with van der Waals surface area (Å²) in [7, 11) is 0. The molecule has 0 saturated carbocycles. The maximum absolute atomic E-state index is 13.0. The lowest BCUT2D eigenvalue weighted by molar-refractivity contribution is -0.154. The highest BCUT2D eigenvalue weighted by molar-refractivity contribution is 5.90. The zero-order valence-corrected chi connectivity index (χ0v) is 25.0. The standard InChI is InChI=1S/C31H52O6/c1-11-20(2)12-21(3)13-22(4)14-23(5)15-24(6)16-26(30(34)37-31(8,9)10)17-25(7)29(33)36-27-18-28(32)35-19-27/h15-16,20-23,25,27H,11-14,17-19H2,1-10H3/b24-15+,26-16-/t20?,21?,22?,23?,25?,27-/m0/s1. The molecular formula is C31H52O6. The molecule has 1 aliphatic heterocycles. The zero-order chi connectivity index (χ0) is 28.3. The van der Waals surface area contributed by atoms with E-state index in [1.165, 1.54) is 19.3 Å². The molecule has 212 valence electrons. The molecule has 1 heterocycles. The average Bonchev–Trinajstić information content (AvgIpc) is 3.15. The predicted octanol–water partition coefficient (Wildman–Crippen LogP) is 7.21. The minimum atomic E-state index is -0.645. The van der Waals surface area contributed by atoms with E-state index in [4.69, 9.17) is 14.2 Å². The van der Waals surface area contributed by atoms with Gasteiger partial charge in [-0.1, -0.05) is 59.6 Å². The van der Waals surface area contributed by atoms with Crippen molar-refractivity contribution in [3.05, 3.63) is 23.3 Å². The molecule has 6 atom stereocenters. The van der Waals surface area contributed by atoms with E-state index < -0.39 is 29.6 Å². The largest absolute Gasteiger partial charge is 0.462 e. The third kappa shape index (κ3) is 13.8. The first-order chi connectivity index (χ1) is 17.1. The summed E-state index contributed by atoms with van der Waals surface area (Å²) in [4.78, 5) is 36.9. The molecular weight excluding hydrogens is 468 g/mol. The van der Waals surface area contributed by atoms with Gasteiger partial charge in [-0.2, -0.15) is 0 Å². The first-order valence-corrected chi connectivity index (χ1v) is 14.1. The van der Waals surface area contributed by atoms with Gasteiger partial charge in [0.05, 0.1) is 12.3 Å². The number of rotatable bonds is 14. The number of esters is 3. The Kier molecular flexibility index (Phi) is 13.6. The van der Waals surface area contributed by atoms with Crippen LogP contribution in [0.15, 0.2) is 23.3 Å². The van der Waals surface area contributed by atoms with E-state index in [9.17, 15) is 14.4 Å². The van der Waals surface area contributed by atoms with Gasteiger partial charge in [0.2, 0.25) is 0 Å². The molecule has 1 saturated heterocycles. The summed E-state index contributed by atoms with van der Waals surface area (Å²) in [6.45, 7) is 20.7. The van der Waals surface area contributed by atoms with Crippen molar-refractivity contribution < 1.29 is 28.6 Å². The van der Waals surface area contributed by atoms with Gasteiger partial charge in [0.1, 0.15) is 18.3 Å². The summed E-state index contributed by atoms with van der Waals surface area (Å²) < 4.78 is 15.9. The molecule has 1 rings (SSSR count). The van der Waals surface area contributed by atoms with E-state index in [-0.39, 0.29) is 25.4 Å². The van der Waals surface area contributed by atoms with Crippen LogP contribution in [0, 0.1) is 29.6 Å². The van der Waals surface area contributed by atoms with Crippen LogP contribution in [0.4, 0.5) is 0 Å². The third-order valence-corrected chi connectivity index (χ3v) is 6.73. The lowest BCUT2D eigenvalue weighted by atomic mass is 9.84. The summed E-state index contributed by atoms with van der Waals surface area (Å²) in [5, 5.41) is 0. The van der Waals surface area contributed by atoms with E-state index in [0.717, 1.165) is 23.8 Å². The summed E-state index contributed by atoms with van der Waals surface area (Å²) in [5.74, 6) is 0.661. The fourth-order valence-corrected chi connectivity index (χ4v) is 5.01. The lowest BCUT2D eigenvalue weighted by Gasteiger charge is -2.22. The maximum atomic E-state index is 13.0. The van der Waals surface area contributed by atoms with Crippen molar-refractivity contribution in [3.63, 3.8) is 0 Å². The van der Waals surface area contributed by atoms with Crippen molar-refractivity contribution in [3.8, 4) is 0 Å². The Balaban J connectivity index is 2.88. The van der Waals surface area contributed by atoms with Crippen LogP contribution in [-0.2, 0) is 28.6 Å². The number of ether oxygens (including phenoxy) is 3. The smallest absolute Gasteiger partial charge is 0.334 e. The molecule has 0 aromatic heterocycles. The van der Waals surface area contributed by atoms with Gasteiger partial charge in [-0.3, -0.25) is 9.59 Å². The number of cyclic esters (lactones) is 1. The molecule has 0 N–H and O–H groups in total. The van der Waals surface area contributed by atoms with Crippen LogP contribution in [-0.4, -0.2) is 36.2 Å². The number of hydrogen-bond donors (Lipinski definition) is 0. The summed E-state index contributed by atoms with van der Waals surface area (Å²) >= 11 is 0. The van der Waals surface area contributed by atoms with Crippen LogP contribution in [0.25, 0.3) is 0 Å². The molecule has 0 aromatic carbocycles. The van der Waals surface area contributed by atoms with E-state index in [1.54, 1.807) is 6.92 Å². The summed E-state index contributed by atoms with van der Waals surface area (Å²) in [5.41, 5.74) is 0.770. The zero-order valence-electron chi connectivity index (χ0n) is 25.0. The van der Waals surface area contributed by atoms with Gasteiger partial charge in [0.15, 0.2) is 0 Å². The van der Waals surface area contributed by atoms with Gasteiger partial charge in [0.25, 0.3) is 0 Å². The van der Waals surface area contributed by atoms with Gasteiger partial charge >= 0.3 is 17.9 Å². The Hall–Kier alpha value is -2.11. The predicted molar refractivity (Wildman–Crippen MR) is 148 cm³/mol. The van der Waals surface area contributed by atoms with Crippen molar-refractivity contribution in [1.82, 2.24) is 0 Å². The van der Waals surface area contributed by atoms with Crippen molar-refractivity contribution in [2.24, 2.45) is 29.6 Å². The fourth-order valence-electron chi connectivity index (χ4n) is 5.01. The van der Waals surface area contributed by atoms with Crippen molar-refractivity contribution in [2.45, 2.75) is 119 Å². The average molecular weight is 521 g/mol. The topological polar surface area (TPSA) is 78.9 Å². The molecule has 0 bridgehead atoms. The Labute approximate surface area is 225 Å². The normalized spacial score (nSPS) is 21.0. The quantitative estimate of drug-likeness (QED) is 0.104. The first-order valence-electron chi connectivity index (χ1n) is 14.1. The molecule has 0 amide bonds. The molecule has 1 fully saturated rings. The minimum absolute atomic E-state index is 0.0712. The molecule has 0 aliphatic carbocycles. The van der Waals surface area contributed by atoms with Gasteiger partial charge in [0, 0.05) is 5.57 Å². The fraction of sp³-hybridized carbons (Fsp3) is 0.774. The van der Waals surface area contributed by atoms with Crippen LogP contribution in [0.2, 0.25) is 0 Å². The summed E-state index contributed by atoms with van der Waals surface area (Å²) in [6.07, 6.45) is 8.55. The minimum Gasteiger partial charge on any atom is -0.462 e. The number of allylic oxidation sites excluding steroid dienone is 3. The van der Waals surface area contributed by atoms with Gasteiger partial charge < -0.3 is 14.2 Å². The Bertz CT molecular complexity index is 818. The number of carbonyl (C=O) groups excluding carboxylic acids is 3. The number of carbonyl (C=O) groups is 3. The molecule has 5 unspecified atom stereocenters. The van der Waals surface area contributed by atoms with E-state index in [1.807, 2.05) is 33.8 Å². The van der Waals surface area contributed by atoms with Crippen LogP contribution in [0.1, 0.15) is 108 Å². The van der Waals surface area contributed by atoms with Crippen LogP contribution in [0.5, 0.6) is 0 Å². The SMILES string of the molecule is CCC(C)CC(C)CC(C)CC(C)/C=C(C)/C=C(/CC(C)C(=O)O[C@@H]1COC(=O)C1)C(=O)OC(C)(C)C. The highest BCUT2D eigenvalue weighted by atomic mass is 16.6. The Morgan fingerprint density at radius 1 is 1.03 bits per heavy atom. The van der Waals surface area contributed by atoms with Crippen LogP contribution in [0.3, 0.4) is 0 Å². The molecule has 0 aromatic rings. The Morgan fingerprint density at radius 2 is 1.62 bits per heavy atom. The van der Waals surface area contributed by atoms with E-state index >= 15 is 0 Å². The lowest BCUT2D eigenvalue weighted by Crippen LogP contribution is -2.27. The monoisotopic (exact) mass is 520 g/mol. The van der Waals surface area contributed by atoms with Crippen molar-refractivity contribution in [1.29, 1.82) is 0 Å². The second kappa shape index (κ2) is 15.3. The van der Waals surface area contributed by atoms with Crippen molar-refractivity contribution in [2.75, 3.05) is 6.61 Å². The first kappa shape index (κ1) is 32.9. The third-order valence-electron chi connectivity index (χ3n) is 6.73. The molecule has 1 aliphatic rings. The van der Waals surface area contributed by atoms with E-state index in [2.05, 4.69) is 40.7 Å².